The van der Waals surface area contributed by atoms with E-state index < -0.39 is 39.4 Å². The van der Waals surface area contributed by atoms with Crippen LogP contribution in [-0.2, 0) is 25.6 Å². The summed E-state index contributed by atoms with van der Waals surface area (Å²) in [5.41, 5.74) is -1.31. The quantitative estimate of drug-likeness (QED) is 0.730. The van der Waals surface area contributed by atoms with E-state index >= 15 is 0 Å². The second-order valence-electron chi connectivity index (χ2n) is 6.43. The fourth-order valence-electron chi connectivity index (χ4n) is 2.76. The number of carbonyl (C=O) groups is 2. The molecule has 1 aliphatic rings. The van der Waals surface area contributed by atoms with Gasteiger partial charge in [-0.25, -0.2) is 8.42 Å². The van der Waals surface area contributed by atoms with Crippen LogP contribution < -0.4 is 10.6 Å². The molecular weight excluding hydrogens is 387 g/mol. The molecule has 2 rings (SSSR count). The van der Waals surface area contributed by atoms with Crippen molar-refractivity contribution in [2.45, 2.75) is 18.6 Å². The van der Waals surface area contributed by atoms with Crippen LogP contribution >= 0.6 is 0 Å². The number of alkyl halides is 3. The van der Waals surface area contributed by atoms with Crippen LogP contribution in [0.4, 0.5) is 18.9 Å². The molecule has 1 heterocycles. The molecule has 11 heteroatoms. The van der Waals surface area contributed by atoms with Crippen LogP contribution in [0.3, 0.4) is 0 Å². The van der Waals surface area contributed by atoms with E-state index in [0.29, 0.717) is 6.42 Å². The first-order valence-corrected chi connectivity index (χ1v) is 9.93. The molecule has 150 valence electrons. The molecule has 2 amide bonds. The molecule has 0 aromatic heterocycles. The molecule has 1 aromatic rings. The maximum absolute atomic E-state index is 12.9. The molecule has 1 aliphatic heterocycles. The number of likely N-dealkylation sites (N-methyl/N-ethyl adjacent to an activating group) is 1. The minimum absolute atomic E-state index is 0.0226. The van der Waals surface area contributed by atoms with E-state index in [1.54, 1.807) is 0 Å². The van der Waals surface area contributed by atoms with Gasteiger partial charge in [-0.15, -0.1) is 0 Å². The molecule has 7 nitrogen and oxygen atoms in total. The zero-order valence-electron chi connectivity index (χ0n) is 14.5. The van der Waals surface area contributed by atoms with Crippen molar-refractivity contribution >= 4 is 27.3 Å². The summed E-state index contributed by atoms with van der Waals surface area (Å²) >= 11 is 0. The molecule has 0 aliphatic carbocycles. The summed E-state index contributed by atoms with van der Waals surface area (Å²) in [4.78, 5) is 25.2. The highest BCUT2D eigenvalue weighted by Gasteiger charge is 2.33. The van der Waals surface area contributed by atoms with E-state index in [1.807, 2.05) is 0 Å². The molecule has 1 saturated heterocycles. The van der Waals surface area contributed by atoms with E-state index in [9.17, 15) is 31.2 Å². The first-order valence-electron chi connectivity index (χ1n) is 8.11. The molecule has 0 unspecified atom stereocenters. The van der Waals surface area contributed by atoms with Crippen LogP contribution in [0.25, 0.3) is 0 Å². The number of benzene rings is 1. The fraction of sp³-hybridized carbons (Fsp3) is 0.500. The van der Waals surface area contributed by atoms with Crippen LogP contribution in [-0.4, -0.2) is 62.8 Å². The van der Waals surface area contributed by atoms with E-state index in [-0.39, 0.29) is 30.3 Å². The van der Waals surface area contributed by atoms with Gasteiger partial charge >= 0.3 is 6.18 Å². The minimum atomic E-state index is -4.60. The van der Waals surface area contributed by atoms with Gasteiger partial charge in [-0.3, -0.25) is 14.5 Å². The van der Waals surface area contributed by atoms with Gasteiger partial charge in [0.2, 0.25) is 11.8 Å². The van der Waals surface area contributed by atoms with Gasteiger partial charge < -0.3 is 10.6 Å². The Hall–Kier alpha value is -2.14. The first-order chi connectivity index (χ1) is 12.5. The monoisotopic (exact) mass is 407 g/mol. The third kappa shape index (κ3) is 6.51. The van der Waals surface area contributed by atoms with Crippen molar-refractivity contribution in [3.05, 3.63) is 29.8 Å². The summed E-state index contributed by atoms with van der Waals surface area (Å²) in [6.07, 6.45) is -4.26. The highest BCUT2D eigenvalue weighted by Crippen LogP contribution is 2.34. The lowest BCUT2D eigenvalue weighted by atomic mass is 10.1. The van der Waals surface area contributed by atoms with Crippen molar-refractivity contribution in [2.75, 3.05) is 37.0 Å². The Morgan fingerprint density at radius 1 is 1.19 bits per heavy atom. The predicted molar refractivity (Wildman–Crippen MR) is 92.8 cm³/mol. The second-order valence-corrected chi connectivity index (χ2v) is 8.66. The Labute approximate surface area is 154 Å². The highest BCUT2D eigenvalue weighted by atomic mass is 32.2. The van der Waals surface area contributed by atoms with Crippen LogP contribution in [0.2, 0.25) is 0 Å². The molecule has 27 heavy (non-hydrogen) atoms. The van der Waals surface area contributed by atoms with E-state index in [0.717, 1.165) is 12.1 Å². The number of amides is 2. The Morgan fingerprint density at radius 3 is 2.41 bits per heavy atom. The fourth-order valence-corrected chi connectivity index (χ4v) is 4.43. The lowest BCUT2D eigenvalue weighted by molar-refractivity contribution is -0.137. The van der Waals surface area contributed by atoms with E-state index in [2.05, 4.69) is 10.6 Å². The van der Waals surface area contributed by atoms with E-state index in [4.69, 9.17) is 0 Å². The number of sulfone groups is 1. The normalized spacial score (nSPS) is 19.1. The van der Waals surface area contributed by atoms with Crippen molar-refractivity contribution in [1.82, 2.24) is 10.2 Å². The van der Waals surface area contributed by atoms with Crippen molar-refractivity contribution in [2.24, 2.45) is 0 Å². The maximum Gasteiger partial charge on any atom is 0.418 e. The number of hydrogen-bond acceptors (Lipinski definition) is 5. The topological polar surface area (TPSA) is 95.6 Å². The smallest absolute Gasteiger partial charge is 0.351 e. The Morgan fingerprint density at radius 2 is 1.81 bits per heavy atom. The van der Waals surface area contributed by atoms with Crippen LogP contribution in [0.1, 0.15) is 12.0 Å². The Kier molecular flexibility index (Phi) is 6.47. The molecule has 0 saturated carbocycles. The van der Waals surface area contributed by atoms with Crippen LogP contribution in [0.15, 0.2) is 24.3 Å². The molecule has 0 radical (unpaired) electrons. The number of halogens is 3. The molecule has 1 fully saturated rings. The summed E-state index contributed by atoms with van der Waals surface area (Å²) in [6.45, 7) is -0.493. The maximum atomic E-state index is 12.9. The molecule has 0 spiro atoms. The van der Waals surface area contributed by atoms with E-state index in [1.165, 1.54) is 24.1 Å². The van der Waals surface area contributed by atoms with Crippen molar-refractivity contribution in [3.63, 3.8) is 0 Å². The first kappa shape index (κ1) is 21.2. The zero-order valence-corrected chi connectivity index (χ0v) is 15.4. The molecule has 1 aromatic carbocycles. The molecule has 2 N–H and O–H groups in total. The number of nitrogens with one attached hydrogen (secondary N) is 2. The van der Waals surface area contributed by atoms with Gasteiger partial charge in [-0.05, 0) is 25.6 Å². The summed E-state index contributed by atoms with van der Waals surface area (Å²) in [7, 11) is -1.67. The number of para-hydroxylation sites is 1. The Bertz CT molecular complexity index is 811. The summed E-state index contributed by atoms with van der Waals surface area (Å²) in [5, 5.41) is 4.77. The predicted octanol–water partition coefficient (Wildman–Crippen LogP) is 0.879. The van der Waals surface area contributed by atoms with Gasteiger partial charge in [0.05, 0.1) is 35.8 Å². The number of hydrogen-bond donors (Lipinski definition) is 2. The SMILES string of the molecule is CN(CC(=O)Nc1ccccc1C(F)(F)F)CC(=O)N[C@@H]1CCS(=O)(=O)C1. The third-order valence-electron chi connectivity index (χ3n) is 3.93. The molecule has 1 atom stereocenters. The summed E-state index contributed by atoms with van der Waals surface area (Å²) < 4.78 is 61.5. The Balaban J connectivity index is 1.85. The standard InChI is InChI=1S/C16H20F3N3O4S/c1-22(8-14(23)20-11-6-7-27(25,26)10-11)9-15(24)21-13-5-3-2-4-12(13)16(17,18)19/h2-5,11H,6-10H2,1H3,(H,20,23)(H,21,24)/t11-/m1/s1. The number of nitrogens with zero attached hydrogens (tertiary/aromatic N) is 1. The average Bonchev–Trinajstić information content (AvgIpc) is 2.84. The second kappa shape index (κ2) is 8.26. The van der Waals surface area contributed by atoms with Crippen molar-refractivity contribution in [3.8, 4) is 0 Å². The van der Waals surface area contributed by atoms with Gasteiger partial charge in [-0.1, -0.05) is 12.1 Å². The number of rotatable bonds is 6. The van der Waals surface area contributed by atoms with Crippen LogP contribution in [0, 0.1) is 0 Å². The van der Waals surface area contributed by atoms with Crippen LogP contribution in [0.5, 0.6) is 0 Å². The van der Waals surface area contributed by atoms with Gasteiger partial charge in [0.1, 0.15) is 0 Å². The van der Waals surface area contributed by atoms with Crippen molar-refractivity contribution < 1.29 is 31.2 Å². The highest BCUT2D eigenvalue weighted by molar-refractivity contribution is 7.91. The van der Waals surface area contributed by atoms with Gasteiger partial charge in [-0.2, -0.15) is 13.2 Å². The van der Waals surface area contributed by atoms with Crippen molar-refractivity contribution in [1.29, 1.82) is 0 Å². The molecular formula is C16H20F3N3O4S. The molecule has 0 bridgehead atoms. The zero-order chi connectivity index (χ0) is 20.2. The average molecular weight is 407 g/mol. The summed E-state index contributed by atoms with van der Waals surface area (Å²) in [6, 6.07) is 4.15. The largest absolute Gasteiger partial charge is 0.418 e. The van der Waals surface area contributed by atoms with Gasteiger partial charge in [0.15, 0.2) is 9.84 Å². The third-order valence-corrected chi connectivity index (χ3v) is 5.70. The van der Waals surface area contributed by atoms with Gasteiger partial charge in [0.25, 0.3) is 0 Å². The lowest BCUT2D eigenvalue weighted by Crippen LogP contribution is -2.43. The summed E-state index contributed by atoms with van der Waals surface area (Å²) in [5.74, 6) is -1.25. The lowest BCUT2D eigenvalue weighted by Gasteiger charge is -2.19. The van der Waals surface area contributed by atoms with Gasteiger partial charge in [0, 0.05) is 6.04 Å². The minimum Gasteiger partial charge on any atom is -0.351 e. The number of anilines is 1. The number of carbonyl (C=O) groups excluding carboxylic acids is 2.